The third kappa shape index (κ3) is 6.33. The van der Waals surface area contributed by atoms with Gasteiger partial charge in [0.2, 0.25) is 5.91 Å². The fourth-order valence-corrected chi connectivity index (χ4v) is 1.97. The third-order valence-corrected chi connectivity index (χ3v) is 3.15. The molecule has 0 radical (unpaired) electrons. The Kier molecular flexibility index (Phi) is 7.23. The molecule has 18 heavy (non-hydrogen) atoms. The van der Waals surface area contributed by atoms with E-state index in [9.17, 15) is 4.79 Å². The van der Waals surface area contributed by atoms with E-state index in [4.69, 9.17) is 4.74 Å². The molecule has 1 aliphatic heterocycles. The van der Waals surface area contributed by atoms with E-state index < -0.39 is 0 Å². The number of nitrogens with zero attached hydrogens (tertiary/aromatic N) is 2. The predicted octanol–water partition coefficient (Wildman–Crippen LogP) is 0.0226. The summed E-state index contributed by atoms with van der Waals surface area (Å²) < 4.78 is 5.07. The van der Waals surface area contributed by atoms with E-state index in [0.717, 1.165) is 45.9 Å². The van der Waals surface area contributed by atoms with Crippen LogP contribution in [0.5, 0.6) is 0 Å². The molecule has 1 aliphatic rings. The number of rotatable bonds is 7. The zero-order valence-corrected chi connectivity index (χ0v) is 11.9. The topological polar surface area (TPSA) is 44.8 Å². The second-order valence-corrected chi connectivity index (χ2v) is 5.31. The van der Waals surface area contributed by atoms with Crippen molar-refractivity contribution in [3.8, 4) is 0 Å². The molecule has 0 aliphatic carbocycles. The molecule has 0 unspecified atom stereocenters. The fraction of sp³-hybridized carbons (Fsp3) is 0.923. The quantitative estimate of drug-likeness (QED) is 0.698. The Morgan fingerprint density at radius 1 is 1.22 bits per heavy atom. The fourth-order valence-electron chi connectivity index (χ4n) is 1.97. The zero-order chi connectivity index (χ0) is 13.4. The summed E-state index contributed by atoms with van der Waals surface area (Å²) in [6.45, 7) is 11.3. The molecule has 1 saturated heterocycles. The van der Waals surface area contributed by atoms with E-state index in [1.165, 1.54) is 0 Å². The number of carbonyl (C=O) groups is 1. The van der Waals surface area contributed by atoms with Crippen LogP contribution in [0, 0.1) is 5.92 Å². The van der Waals surface area contributed by atoms with Crippen molar-refractivity contribution in [3.63, 3.8) is 0 Å². The molecular formula is C13H27N3O2. The molecule has 106 valence electrons. The molecular weight excluding hydrogens is 230 g/mol. The number of piperazine rings is 1. The van der Waals surface area contributed by atoms with E-state index in [1.54, 1.807) is 7.11 Å². The van der Waals surface area contributed by atoms with Crippen LogP contribution in [0.25, 0.3) is 0 Å². The summed E-state index contributed by atoms with van der Waals surface area (Å²) in [7, 11) is 1.73. The van der Waals surface area contributed by atoms with Crippen LogP contribution in [0.1, 0.15) is 13.8 Å². The van der Waals surface area contributed by atoms with Crippen LogP contribution in [0.3, 0.4) is 0 Å². The Morgan fingerprint density at radius 3 is 2.39 bits per heavy atom. The number of nitrogens with one attached hydrogen (secondary N) is 1. The SMILES string of the molecule is COCCN1CCN(CC(=O)NCC(C)C)CC1. The average molecular weight is 257 g/mol. The highest BCUT2D eigenvalue weighted by Gasteiger charge is 2.18. The summed E-state index contributed by atoms with van der Waals surface area (Å²) in [6, 6.07) is 0. The highest BCUT2D eigenvalue weighted by Crippen LogP contribution is 2.01. The van der Waals surface area contributed by atoms with Gasteiger partial charge in [-0.2, -0.15) is 0 Å². The van der Waals surface area contributed by atoms with Crippen molar-refractivity contribution in [2.75, 3.05) is 59.5 Å². The normalized spacial score (nSPS) is 18.2. The molecule has 1 amide bonds. The van der Waals surface area contributed by atoms with Crippen LogP contribution in [-0.4, -0.2) is 75.2 Å². The number of hydrogen-bond donors (Lipinski definition) is 1. The van der Waals surface area contributed by atoms with Gasteiger partial charge in [-0.15, -0.1) is 0 Å². The van der Waals surface area contributed by atoms with Gasteiger partial charge in [-0.05, 0) is 5.92 Å². The van der Waals surface area contributed by atoms with Crippen molar-refractivity contribution in [1.29, 1.82) is 0 Å². The number of methoxy groups -OCH3 is 1. The molecule has 0 spiro atoms. The Hall–Kier alpha value is -0.650. The van der Waals surface area contributed by atoms with Crippen LogP contribution in [0.15, 0.2) is 0 Å². The first-order valence-electron chi connectivity index (χ1n) is 6.82. The van der Waals surface area contributed by atoms with Crippen LogP contribution in [0.4, 0.5) is 0 Å². The molecule has 0 aromatic heterocycles. The number of hydrogen-bond acceptors (Lipinski definition) is 4. The molecule has 5 nitrogen and oxygen atoms in total. The van der Waals surface area contributed by atoms with Crippen LogP contribution in [0.2, 0.25) is 0 Å². The van der Waals surface area contributed by atoms with E-state index in [1.807, 2.05) is 0 Å². The standard InChI is InChI=1S/C13H27N3O2/c1-12(2)10-14-13(17)11-16-6-4-15(5-7-16)8-9-18-3/h12H,4-11H2,1-3H3,(H,14,17). The largest absolute Gasteiger partial charge is 0.383 e. The number of amides is 1. The molecule has 1 heterocycles. The predicted molar refractivity (Wildman–Crippen MR) is 72.6 cm³/mol. The minimum atomic E-state index is 0.147. The first-order valence-corrected chi connectivity index (χ1v) is 6.82. The van der Waals surface area contributed by atoms with Crippen molar-refractivity contribution in [1.82, 2.24) is 15.1 Å². The van der Waals surface area contributed by atoms with Crippen LogP contribution in [-0.2, 0) is 9.53 Å². The summed E-state index contributed by atoms with van der Waals surface area (Å²) >= 11 is 0. The first kappa shape index (κ1) is 15.4. The second-order valence-electron chi connectivity index (χ2n) is 5.31. The van der Waals surface area contributed by atoms with Gasteiger partial charge in [0.05, 0.1) is 13.2 Å². The summed E-state index contributed by atoms with van der Waals surface area (Å²) in [4.78, 5) is 16.3. The molecule has 5 heteroatoms. The van der Waals surface area contributed by atoms with Gasteiger partial charge in [0, 0.05) is 46.4 Å². The van der Waals surface area contributed by atoms with Gasteiger partial charge < -0.3 is 10.1 Å². The lowest BCUT2D eigenvalue weighted by Crippen LogP contribution is -2.50. The Morgan fingerprint density at radius 2 is 1.83 bits per heavy atom. The molecule has 1 rings (SSSR count). The van der Waals surface area contributed by atoms with Crippen LogP contribution < -0.4 is 5.32 Å². The van der Waals surface area contributed by atoms with Crippen molar-refractivity contribution in [2.24, 2.45) is 5.92 Å². The van der Waals surface area contributed by atoms with E-state index in [-0.39, 0.29) is 5.91 Å². The average Bonchev–Trinajstić information content (AvgIpc) is 2.35. The minimum Gasteiger partial charge on any atom is -0.383 e. The zero-order valence-electron chi connectivity index (χ0n) is 11.9. The van der Waals surface area contributed by atoms with Gasteiger partial charge in [-0.25, -0.2) is 0 Å². The lowest BCUT2D eigenvalue weighted by molar-refractivity contribution is -0.122. The lowest BCUT2D eigenvalue weighted by Gasteiger charge is -2.34. The molecule has 0 aromatic carbocycles. The van der Waals surface area contributed by atoms with E-state index in [0.29, 0.717) is 12.5 Å². The smallest absolute Gasteiger partial charge is 0.234 e. The Balaban J connectivity index is 2.13. The molecule has 0 aromatic rings. The molecule has 0 atom stereocenters. The van der Waals surface area contributed by atoms with E-state index in [2.05, 4.69) is 29.0 Å². The van der Waals surface area contributed by atoms with Gasteiger partial charge >= 0.3 is 0 Å². The number of ether oxygens (including phenoxy) is 1. The maximum atomic E-state index is 11.7. The van der Waals surface area contributed by atoms with Gasteiger partial charge in [0.25, 0.3) is 0 Å². The summed E-state index contributed by atoms with van der Waals surface area (Å²) in [5, 5.41) is 2.96. The molecule has 0 saturated carbocycles. The minimum absolute atomic E-state index is 0.147. The van der Waals surface area contributed by atoms with Gasteiger partial charge in [-0.3, -0.25) is 14.6 Å². The first-order chi connectivity index (χ1) is 8.61. The third-order valence-electron chi connectivity index (χ3n) is 3.15. The summed E-state index contributed by atoms with van der Waals surface area (Å²) in [5.41, 5.74) is 0. The van der Waals surface area contributed by atoms with Gasteiger partial charge in [0.1, 0.15) is 0 Å². The maximum Gasteiger partial charge on any atom is 0.234 e. The summed E-state index contributed by atoms with van der Waals surface area (Å²) in [5.74, 6) is 0.661. The lowest BCUT2D eigenvalue weighted by atomic mass is 10.2. The Labute approximate surface area is 110 Å². The molecule has 1 N–H and O–H groups in total. The summed E-state index contributed by atoms with van der Waals surface area (Å²) in [6.07, 6.45) is 0. The van der Waals surface area contributed by atoms with Crippen molar-refractivity contribution in [2.45, 2.75) is 13.8 Å². The maximum absolute atomic E-state index is 11.7. The second kappa shape index (κ2) is 8.45. The van der Waals surface area contributed by atoms with Gasteiger partial charge in [-0.1, -0.05) is 13.8 Å². The molecule has 0 bridgehead atoms. The van der Waals surface area contributed by atoms with Crippen molar-refractivity contribution in [3.05, 3.63) is 0 Å². The van der Waals surface area contributed by atoms with Crippen molar-refractivity contribution >= 4 is 5.91 Å². The van der Waals surface area contributed by atoms with Crippen molar-refractivity contribution < 1.29 is 9.53 Å². The Bertz CT molecular complexity index is 238. The van der Waals surface area contributed by atoms with Crippen LogP contribution >= 0.6 is 0 Å². The monoisotopic (exact) mass is 257 g/mol. The van der Waals surface area contributed by atoms with E-state index >= 15 is 0 Å². The van der Waals surface area contributed by atoms with Gasteiger partial charge in [0.15, 0.2) is 0 Å². The highest BCUT2D eigenvalue weighted by atomic mass is 16.5. The highest BCUT2D eigenvalue weighted by molar-refractivity contribution is 5.78. The molecule has 1 fully saturated rings. The number of carbonyl (C=O) groups excluding carboxylic acids is 1.